The van der Waals surface area contributed by atoms with Crippen molar-refractivity contribution in [3.63, 3.8) is 0 Å². The summed E-state index contributed by atoms with van der Waals surface area (Å²) in [6.45, 7) is 6.50. The summed E-state index contributed by atoms with van der Waals surface area (Å²) in [5, 5.41) is 0. The van der Waals surface area contributed by atoms with E-state index in [9.17, 15) is 4.79 Å². The number of hydrogen-bond donors (Lipinski definition) is 0. The van der Waals surface area contributed by atoms with Crippen molar-refractivity contribution in [3.8, 4) is 0 Å². The van der Waals surface area contributed by atoms with Crippen molar-refractivity contribution in [1.29, 1.82) is 0 Å². The van der Waals surface area contributed by atoms with Crippen molar-refractivity contribution in [3.05, 3.63) is 29.8 Å². The van der Waals surface area contributed by atoms with Crippen LogP contribution in [0.4, 0.5) is 5.69 Å². The van der Waals surface area contributed by atoms with E-state index < -0.39 is 0 Å². The van der Waals surface area contributed by atoms with Gasteiger partial charge in [-0.2, -0.15) is 0 Å². The van der Waals surface area contributed by atoms with Crippen LogP contribution in [0.3, 0.4) is 0 Å². The summed E-state index contributed by atoms with van der Waals surface area (Å²) >= 11 is 0. The largest absolute Gasteiger partial charge is 0.371 e. The summed E-state index contributed by atoms with van der Waals surface area (Å²) in [6, 6.07) is 8.09. The highest BCUT2D eigenvalue weighted by molar-refractivity contribution is 5.96. The van der Waals surface area contributed by atoms with Crippen LogP contribution in [0.2, 0.25) is 0 Å². The second-order valence-corrected chi connectivity index (χ2v) is 5.02. The third kappa shape index (κ3) is 2.87. The molecule has 2 rings (SSSR count). The molecule has 0 amide bonds. The van der Waals surface area contributed by atoms with Gasteiger partial charge in [-0.05, 0) is 43.0 Å². The van der Waals surface area contributed by atoms with Crippen molar-refractivity contribution >= 4 is 11.5 Å². The first kappa shape index (κ1) is 12.2. The van der Waals surface area contributed by atoms with E-state index >= 15 is 0 Å². The Hall–Kier alpha value is -1.31. The molecule has 0 spiro atoms. The van der Waals surface area contributed by atoms with Crippen LogP contribution >= 0.6 is 0 Å². The minimum absolute atomic E-state index is 0.226. The van der Waals surface area contributed by atoms with Crippen LogP contribution < -0.4 is 4.90 Å². The molecular formula is C15H21NO. The lowest BCUT2D eigenvalue weighted by atomic mass is 9.99. The average Bonchev–Trinajstić information content (AvgIpc) is 2.38. The fraction of sp³-hybridized carbons (Fsp3) is 0.533. The number of hydrogen-bond acceptors (Lipinski definition) is 2. The number of piperidine rings is 1. The molecule has 0 aromatic heterocycles. The number of rotatable bonds is 3. The first-order valence-electron chi connectivity index (χ1n) is 6.59. The van der Waals surface area contributed by atoms with Gasteiger partial charge in [0.05, 0.1) is 0 Å². The molecule has 0 aliphatic carbocycles. The fourth-order valence-electron chi connectivity index (χ4n) is 2.49. The summed E-state index contributed by atoms with van der Waals surface area (Å²) in [5.41, 5.74) is 2.09. The van der Waals surface area contributed by atoms with Gasteiger partial charge in [0, 0.05) is 30.8 Å². The normalized spacial score (nSPS) is 20.4. The topological polar surface area (TPSA) is 20.3 Å². The zero-order chi connectivity index (χ0) is 12.3. The first-order chi connectivity index (χ1) is 8.20. The Labute approximate surface area is 104 Å². The lowest BCUT2D eigenvalue weighted by Gasteiger charge is -2.32. The van der Waals surface area contributed by atoms with Gasteiger partial charge in [0.25, 0.3) is 0 Å². The monoisotopic (exact) mass is 231 g/mol. The zero-order valence-corrected chi connectivity index (χ0v) is 10.8. The van der Waals surface area contributed by atoms with Crippen molar-refractivity contribution in [2.75, 3.05) is 18.0 Å². The third-order valence-electron chi connectivity index (χ3n) is 3.53. The molecular weight excluding hydrogens is 210 g/mol. The molecule has 92 valence electrons. The minimum atomic E-state index is 0.226. The standard InChI is InChI=1S/C15H21NO/c1-3-15(17)13-6-8-14(9-7-13)16-10-4-5-12(2)11-16/h6-9,12H,3-5,10-11H2,1-2H3. The van der Waals surface area contributed by atoms with Crippen LogP contribution in [0.1, 0.15) is 43.5 Å². The SMILES string of the molecule is CCC(=O)c1ccc(N2CCCC(C)C2)cc1. The lowest BCUT2D eigenvalue weighted by Crippen LogP contribution is -2.34. The van der Waals surface area contributed by atoms with E-state index in [0.29, 0.717) is 6.42 Å². The van der Waals surface area contributed by atoms with Gasteiger partial charge in [-0.3, -0.25) is 4.79 Å². The van der Waals surface area contributed by atoms with E-state index in [1.54, 1.807) is 0 Å². The van der Waals surface area contributed by atoms with Crippen molar-refractivity contribution in [2.45, 2.75) is 33.1 Å². The molecule has 0 saturated carbocycles. The van der Waals surface area contributed by atoms with Crippen molar-refractivity contribution in [1.82, 2.24) is 0 Å². The van der Waals surface area contributed by atoms with Gasteiger partial charge in [0.15, 0.2) is 5.78 Å². The van der Waals surface area contributed by atoms with E-state index in [0.717, 1.165) is 24.6 Å². The molecule has 1 aliphatic heterocycles. The van der Waals surface area contributed by atoms with Crippen LogP contribution in [0.25, 0.3) is 0 Å². The molecule has 2 heteroatoms. The second-order valence-electron chi connectivity index (χ2n) is 5.02. The summed E-state index contributed by atoms with van der Waals surface area (Å²) in [6.07, 6.45) is 3.19. The summed E-state index contributed by atoms with van der Waals surface area (Å²) in [5.74, 6) is 1.00. The Morgan fingerprint density at radius 2 is 2.06 bits per heavy atom. The van der Waals surface area contributed by atoms with Crippen molar-refractivity contribution < 1.29 is 4.79 Å². The second kappa shape index (κ2) is 5.35. The van der Waals surface area contributed by atoms with E-state index in [-0.39, 0.29) is 5.78 Å². The van der Waals surface area contributed by atoms with Gasteiger partial charge in [0.2, 0.25) is 0 Å². The minimum Gasteiger partial charge on any atom is -0.371 e. The van der Waals surface area contributed by atoms with Gasteiger partial charge in [-0.1, -0.05) is 13.8 Å². The van der Waals surface area contributed by atoms with Gasteiger partial charge in [0.1, 0.15) is 0 Å². The third-order valence-corrected chi connectivity index (χ3v) is 3.53. The average molecular weight is 231 g/mol. The van der Waals surface area contributed by atoms with Crippen LogP contribution in [0.5, 0.6) is 0 Å². The predicted octanol–water partition coefficient (Wildman–Crippen LogP) is 3.52. The van der Waals surface area contributed by atoms with Gasteiger partial charge in [-0.15, -0.1) is 0 Å². The highest BCUT2D eigenvalue weighted by Gasteiger charge is 2.16. The molecule has 17 heavy (non-hydrogen) atoms. The maximum atomic E-state index is 11.5. The molecule has 1 aromatic rings. The van der Waals surface area contributed by atoms with Crippen molar-refractivity contribution in [2.24, 2.45) is 5.92 Å². The Morgan fingerprint density at radius 1 is 1.35 bits per heavy atom. The number of benzene rings is 1. The predicted molar refractivity (Wildman–Crippen MR) is 71.7 cm³/mol. The Morgan fingerprint density at radius 3 is 2.65 bits per heavy atom. The van der Waals surface area contributed by atoms with Crippen LogP contribution in [0, 0.1) is 5.92 Å². The highest BCUT2D eigenvalue weighted by Crippen LogP contribution is 2.23. The summed E-state index contributed by atoms with van der Waals surface area (Å²) in [4.78, 5) is 14.0. The molecule has 2 nitrogen and oxygen atoms in total. The number of ketones is 1. The van der Waals surface area contributed by atoms with E-state index in [2.05, 4.69) is 24.0 Å². The molecule has 0 bridgehead atoms. The zero-order valence-electron chi connectivity index (χ0n) is 10.8. The number of nitrogens with zero attached hydrogens (tertiary/aromatic N) is 1. The number of anilines is 1. The summed E-state index contributed by atoms with van der Waals surface area (Å²) in [7, 11) is 0. The number of carbonyl (C=O) groups excluding carboxylic acids is 1. The van der Waals surface area contributed by atoms with E-state index in [1.165, 1.54) is 18.5 Å². The Balaban J connectivity index is 2.09. The fourth-order valence-corrected chi connectivity index (χ4v) is 2.49. The smallest absolute Gasteiger partial charge is 0.162 e. The quantitative estimate of drug-likeness (QED) is 0.742. The molecule has 1 aromatic carbocycles. The molecule has 1 unspecified atom stereocenters. The first-order valence-corrected chi connectivity index (χ1v) is 6.59. The van der Waals surface area contributed by atoms with Crippen LogP contribution in [-0.2, 0) is 0 Å². The van der Waals surface area contributed by atoms with E-state index in [1.807, 2.05) is 19.1 Å². The Kier molecular flexibility index (Phi) is 3.82. The molecule has 1 heterocycles. The van der Waals surface area contributed by atoms with Gasteiger partial charge >= 0.3 is 0 Å². The van der Waals surface area contributed by atoms with Gasteiger partial charge < -0.3 is 4.90 Å². The van der Waals surface area contributed by atoms with Crippen LogP contribution in [0.15, 0.2) is 24.3 Å². The highest BCUT2D eigenvalue weighted by atomic mass is 16.1. The van der Waals surface area contributed by atoms with E-state index in [4.69, 9.17) is 0 Å². The molecule has 1 aliphatic rings. The molecule has 1 fully saturated rings. The molecule has 0 N–H and O–H groups in total. The molecule has 1 atom stereocenters. The number of Topliss-reactive ketones (excluding diaryl/α,β-unsaturated/α-hetero) is 1. The van der Waals surface area contributed by atoms with Crippen LogP contribution in [-0.4, -0.2) is 18.9 Å². The maximum absolute atomic E-state index is 11.5. The lowest BCUT2D eigenvalue weighted by molar-refractivity contribution is 0.0988. The maximum Gasteiger partial charge on any atom is 0.162 e. The molecule has 0 radical (unpaired) electrons. The number of carbonyl (C=O) groups is 1. The molecule has 1 saturated heterocycles. The van der Waals surface area contributed by atoms with Gasteiger partial charge in [-0.25, -0.2) is 0 Å². The summed E-state index contributed by atoms with van der Waals surface area (Å²) < 4.78 is 0. The Bertz CT molecular complexity index is 382.